The Morgan fingerprint density at radius 2 is 2.12 bits per heavy atom. The number of benzene rings is 1. The van der Waals surface area contributed by atoms with Gasteiger partial charge in [-0.3, -0.25) is 24.7 Å². The number of thioether (sulfide) groups is 1. The molecule has 0 unspecified atom stereocenters. The second-order valence-electron chi connectivity index (χ2n) is 6.38. The summed E-state index contributed by atoms with van der Waals surface area (Å²) in [5, 5.41) is 16.2. The lowest BCUT2D eigenvalue weighted by Crippen LogP contribution is -2.28. The van der Waals surface area contributed by atoms with Gasteiger partial charge >= 0.3 is 0 Å². The van der Waals surface area contributed by atoms with Crippen LogP contribution in [0.1, 0.15) is 38.5 Å². The molecule has 8 nitrogen and oxygen atoms in total. The molecule has 1 aliphatic heterocycles. The van der Waals surface area contributed by atoms with Crippen LogP contribution >= 0.6 is 11.8 Å². The SMILES string of the molecule is O=C(C[C@@H]1SC(=NC2CCCCC2)NC1=O)Nc1cccc([N+](=O)[O-])c1. The van der Waals surface area contributed by atoms with Crippen LogP contribution in [-0.4, -0.2) is 33.2 Å². The number of amides is 2. The molecule has 1 saturated heterocycles. The van der Waals surface area contributed by atoms with Gasteiger partial charge in [0.15, 0.2) is 5.17 Å². The van der Waals surface area contributed by atoms with Crippen molar-refractivity contribution >= 4 is 40.1 Å². The van der Waals surface area contributed by atoms with E-state index in [1.807, 2.05) is 0 Å². The van der Waals surface area contributed by atoms with E-state index >= 15 is 0 Å². The molecule has 1 saturated carbocycles. The Kier molecular flexibility index (Phi) is 5.87. The number of non-ortho nitro benzene ring substituents is 1. The number of hydrogen-bond acceptors (Lipinski definition) is 6. The zero-order valence-corrected chi connectivity index (χ0v) is 15.0. The Morgan fingerprint density at radius 3 is 2.85 bits per heavy atom. The molecule has 2 amide bonds. The van der Waals surface area contributed by atoms with E-state index in [1.54, 1.807) is 6.07 Å². The zero-order valence-electron chi connectivity index (χ0n) is 14.1. The summed E-state index contributed by atoms with van der Waals surface area (Å²) in [6.07, 6.45) is 5.63. The van der Waals surface area contributed by atoms with E-state index in [-0.39, 0.29) is 30.0 Å². The molecule has 26 heavy (non-hydrogen) atoms. The quantitative estimate of drug-likeness (QED) is 0.606. The summed E-state index contributed by atoms with van der Waals surface area (Å²) in [5.74, 6) is -0.587. The van der Waals surface area contributed by atoms with E-state index in [0.29, 0.717) is 10.9 Å². The van der Waals surface area contributed by atoms with Crippen LogP contribution in [-0.2, 0) is 9.59 Å². The van der Waals surface area contributed by atoms with Gasteiger partial charge in [-0.25, -0.2) is 0 Å². The van der Waals surface area contributed by atoms with Crippen LogP contribution in [0.5, 0.6) is 0 Å². The number of nitro groups is 1. The minimum atomic E-state index is -0.531. The Bertz CT molecular complexity index is 746. The van der Waals surface area contributed by atoms with Crippen LogP contribution in [0.4, 0.5) is 11.4 Å². The van der Waals surface area contributed by atoms with Gasteiger partial charge in [-0.15, -0.1) is 0 Å². The van der Waals surface area contributed by atoms with Gasteiger partial charge in [-0.05, 0) is 18.9 Å². The molecule has 0 aromatic heterocycles. The molecule has 9 heteroatoms. The lowest BCUT2D eigenvalue weighted by Gasteiger charge is -2.17. The molecule has 138 valence electrons. The van der Waals surface area contributed by atoms with Gasteiger partial charge in [0.25, 0.3) is 5.69 Å². The number of anilines is 1. The van der Waals surface area contributed by atoms with E-state index in [1.165, 1.54) is 36.4 Å². The van der Waals surface area contributed by atoms with Crippen molar-refractivity contribution in [2.75, 3.05) is 5.32 Å². The van der Waals surface area contributed by atoms with Crippen molar-refractivity contribution in [3.05, 3.63) is 34.4 Å². The third-order valence-corrected chi connectivity index (χ3v) is 5.46. The smallest absolute Gasteiger partial charge is 0.271 e. The standard InChI is InChI=1S/C17H20N4O4S/c22-15(18-12-7-4-8-13(9-12)21(24)25)10-14-16(23)20-17(26-14)19-11-5-2-1-3-6-11/h4,7-9,11,14H,1-3,5-6,10H2,(H,18,22)(H,19,20,23)/t14-/m0/s1. The largest absolute Gasteiger partial charge is 0.326 e. The third kappa shape index (κ3) is 4.81. The van der Waals surface area contributed by atoms with Crippen LogP contribution < -0.4 is 10.6 Å². The van der Waals surface area contributed by atoms with Crippen LogP contribution in [0.25, 0.3) is 0 Å². The second-order valence-corrected chi connectivity index (χ2v) is 7.57. The van der Waals surface area contributed by atoms with Gasteiger partial charge in [0.1, 0.15) is 5.25 Å². The lowest BCUT2D eigenvalue weighted by molar-refractivity contribution is -0.384. The molecular weight excluding hydrogens is 356 g/mol. The van der Waals surface area contributed by atoms with E-state index < -0.39 is 10.2 Å². The zero-order chi connectivity index (χ0) is 18.5. The average molecular weight is 376 g/mol. The molecule has 1 aliphatic carbocycles. The van der Waals surface area contributed by atoms with E-state index in [0.717, 1.165) is 25.7 Å². The molecule has 1 atom stereocenters. The first-order valence-corrected chi connectivity index (χ1v) is 9.49. The summed E-state index contributed by atoms with van der Waals surface area (Å²) in [6.45, 7) is 0. The minimum absolute atomic E-state index is 0.0110. The van der Waals surface area contributed by atoms with E-state index in [2.05, 4.69) is 15.6 Å². The van der Waals surface area contributed by atoms with Gasteiger partial charge < -0.3 is 10.6 Å². The highest BCUT2D eigenvalue weighted by Gasteiger charge is 2.32. The van der Waals surface area contributed by atoms with Crippen molar-refractivity contribution in [1.82, 2.24) is 5.32 Å². The molecule has 3 rings (SSSR count). The van der Waals surface area contributed by atoms with Crippen LogP contribution in [0.3, 0.4) is 0 Å². The molecule has 2 fully saturated rings. The summed E-state index contributed by atoms with van der Waals surface area (Å²) < 4.78 is 0. The van der Waals surface area contributed by atoms with Gasteiger partial charge in [0.2, 0.25) is 11.8 Å². The number of carbonyl (C=O) groups is 2. The number of nitrogens with zero attached hydrogens (tertiary/aromatic N) is 2. The van der Waals surface area contributed by atoms with Gasteiger partial charge in [-0.1, -0.05) is 37.1 Å². The van der Waals surface area contributed by atoms with Crippen LogP contribution in [0.15, 0.2) is 29.3 Å². The molecule has 1 aromatic rings. The molecule has 0 radical (unpaired) electrons. The summed E-state index contributed by atoms with van der Waals surface area (Å²) in [6, 6.07) is 5.96. The second kappa shape index (κ2) is 8.31. The number of amidine groups is 1. The first-order chi connectivity index (χ1) is 12.5. The predicted molar refractivity (Wildman–Crippen MR) is 100 cm³/mol. The Labute approximate surface area is 155 Å². The van der Waals surface area contributed by atoms with Crippen molar-refractivity contribution < 1.29 is 14.5 Å². The summed E-state index contributed by atoms with van der Waals surface area (Å²) in [7, 11) is 0. The maximum absolute atomic E-state index is 12.2. The van der Waals surface area contributed by atoms with E-state index in [4.69, 9.17) is 0 Å². The number of rotatable bonds is 5. The number of aliphatic imine (C=N–C) groups is 1. The highest BCUT2D eigenvalue weighted by molar-refractivity contribution is 8.15. The first-order valence-electron chi connectivity index (χ1n) is 8.61. The third-order valence-electron chi connectivity index (χ3n) is 4.36. The topological polar surface area (TPSA) is 114 Å². The molecule has 1 heterocycles. The molecule has 0 bridgehead atoms. The molecule has 2 N–H and O–H groups in total. The first kappa shape index (κ1) is 18.4. The van der Waals surface area contributed by atoms with Crippen LogP contribution in [0, 0.1) is 10.1 Å². The monoisotopic (exact) mass is 376 g/mol. The van der Waals surface area contributed by atoms with Crippen molar-refractivity contribution in [2.24, 2.45) is 4.99 Å². The van der Waals surface area contributed by atoms with Crippen molar-refractivity contribution in [3.63, 3.8) is 0 Å². The Balaban J connectivity index is 1.55. The Hall–Kier alpha value is -2.42. The summed E-state index contributed by atoms with van der Waals surface area (Å²) >= 11 is 1.28. The van der Waals surface area contributed by atoms with Crippen molar-refractivity contribution in [2.45, 2.75) is 49.8 Å². The maximum atomic E-state index is 12.2. The predicted octanol–water partition coefficient (Wildman–Crippen LogP) is 2.84. The highest BCUT2D eigenvalue weighted by Crippen LogP contribution is 2.27. The van der Waals surface area contributed by atoms with Crippen molar-refractivity contribution in [1.29, 1.82) is 0 Å². The molecule has 0 spiro atoms. The lowest BCUT2D eigenvalue weighted by atomic mass is 9.96. The normalized spacial score (nSPS) is 22.2. The molecule has 1 aromatic carbocycles. The summed E-state index contributed by atoms with van der Waals surface area (Å²) in [5.41, 5.74) is 0.237. The molecule has 2 aliphatic rings. The number of hydrogen-bond donors (Lipinski definition) is 2. The van der Waals surface area contributed by atoms with Crippen molar-refractivity contribution in [3.8, 4) is 0 Å². The number of nitro benzene ring substituents is 1. The Morgan fingerprint density at radius 1 is 1.35 bits per heavy atom. The number of carbonyl (C=O) groups excluding carboxylic acids is 2. The van der Waals surface area contributed by atoms with Gasteiger partial charge in [0, 0.05) is 24.2 Å². The highest BCUT2D eigenvalue weighted by atomic mass is 32.2. The summed E-state index contributed by atoms with van der Waals surface area (Å²) in [4.78, 5) is 39.1. The maximum Gasteiger partial charge on any atom is 0.271 e. The number of nitrogens with one attached hydrogen (secondary N) is 2. The van der Waals surface area contributed by atoms with Crippen LogP contribution in [0.2, 0.25) is 0 Å². The molecular formula is C17H20N4O4S. The fourth-order valence-corrected chi connectivity index (χ4v) is 4.09. The fraction of sp³-hybridized carbons (Fsp3) is 0.471. The average Bonchev–Trinajstić information content (AvgIpc) is 2.95. The fourth-order valence-electron chi connectivity index (χ4n) is 3.05. The van der Waals surface area contributed by atoms with Gasteiger partial charge in [-0.2, -0.15) is 0 Å². The van der Waals surface area contributed by atoms with E-state index in [9.17, 15) is 19.7 Å². The van der Waals surface area contributed by atoms with Gasteiger partial charge in [0.05, 0.1) is 11.0 Å². The minimum Gasteiger partial charge on any atom is -0.326 e.